The molecule has 110 valence electrons. The maximum atomic E-state index is 11.1. The fourth-order valence-corrected chi connectivity index (χ4v) is 2.30. The second-order valence-corrected chi connectivity index (χ2v) is 5.13. The Labute approximate surface area is 133 Å². The van der Waals surface area contributed by atoms with Crippen molar-refractivity contribution in [2.45, 2.75) is 12.3 Å². The van der Waals surface area contributed by atoms with E-state index in [0.717, 1.165) is 5.56 Å². The van der Waals surface area contributed by atoms with Gasteiger partial charge >= 0.3 is 0 Å². The van der Waals surface area contributed by atoms with E-state index in [2.05, 4.69) is 6.07 Å². The van der Waals surface area contributed by atoms with E-state index in [9.17, 15) is 15.4 Å². The monoisotopic (exact) mass is 312 g/mol. The van der Waals surface area contributed by atoms with Crippen LogP contribution in [0.1, 0.15) is 23.5 Å². The van der Waals surface area contributed by atoms with Crippen LogP contribution in [0, 0.1) is 21.4 Å². The summed E-state index contributed by atoms with van der Waals surface area (Å²) >= 11 is 5.90. The van der Waals surface area contributed by atoms with Crippen molar-refractivity contribution in [3.8, 4) is 6.07 Å². The predicted octanol–water partition coefficient (Wildman–Crippen LogP) is 4.96. The molecular weight excluding hydrogens is 300 g/mol. The van der Waals surface area contributed by atoms with Crippen LogP contribution in [-0.2, 0) is 0 Å². The van der Waals surface area contributed by atoms with Crippen LogP contribution in [-0.4, -0.2) is 4.92 Å². The van der Waals surface area contributed by atoms with Crippen LogP contribution in [0.2, 0.25) is 5.02 Å². The number of halogens is 1. The summed E-state index contributed by atoms with van der Waals surface area (Å²) < 4.78 is 0. The Kier molecular flexibility index (Phi) is 5.29. The summed E-state index contributed by atoms with van der Waals surface area (Å²) in [6.07, 6.45) is 4.11. The number of nitrogens with zero attached hydrogens (tertiary/aromatic N) is 2. The zero-order valence-electron chi connectivity index (χ0n) is 11.6. The summed E-state index contributed by atoms with van der Waals surface area (Å²) in [4.78, 5) is 10.6. The van der Waals surface area contributed by atoms with Crippen molar-refractivity contribution in [3.05, 3.63) is 80.9 Å². The molecular formula is C17H13ClN2O2. The standard InChI is InChI=1S/C17H13ClN2O2/c18-15-9-10-17(20(21)22)16(11-15)14(12-19)8-4-7-13-5-2-1-3-6-13/h1-7,9-11,14H,8H2/b7-4+. The van der Waals surface area contributed by atoms with E-state index < -0.39 is 10.8 Å². The third-order valence-electron chi connectivity index (χ3n) is 3.20. The van der Waals surface area contributed by atoms with Gasteiger partial charge in [0.15, 0.2) is 0 Å². The molecule has 2 aromatic carbocycles. The van der Waals surface area contributed by atoms with Crippen LogP contribution >= 0.6 is 11.6 Å². The fourth-order valence-electron chi connectivity index (χ4n) is 2.12. The summed E-state index contributed by atoms with van der Waals surface area (Å²) in [5.41, 5.74) is 1.28. The SMILES string of the molecule is N#CC(C/C=C/c1ccccc1)c1cc(Cl)ccc1[N+](=O)[O-]. The zero-order valence-corrected chi connectivity index (χ0v) is 12.4. The zero-order chi connectivity index (χ0) is 15.9. The molecule has 0 aromatic heterocycles. The summed E-state index contributed by atoms with van der Waals surface area (Å²) in [6, 6.07) is 16.0. The number of allylic oxidation sites excluding steroid dienone is 1. The number of benzene rings is 2. The minimum Gasteiger partial charge on any atom is -0.258 e. The van der Waals surface area contributed by atoms with Crippen LogP contribution in [0.4, 0.5) is 5.69 Å². The molecule has 1 atom stereocenters. The first kappa shape index (κ1) is 15.7. The molecule has 0 N–H and O–H groups in total. The lowest BCUT2D eigenvalue weighted by molar-refractivity contribution is -0.385. The van der Waals surface area contributed by atoms with E-state index in [4.69, 9.17) is 11.6 Å². The molecule has 0 aliphatic carbocycles. The van der Waals surface area contributed by atoms with Crippen LogP contribution in [0.5, 0.6) is 0 Å². The highest BCUT2D eigenvalue weighted by Crippen LogP contribution is 2.31. The molecule has 1 unspecified atom stereocenters. The van der Waals surface area contributed by atoms with Crippen LogP contribution in [0.3, 0.4) is 0 Å². The van der Waals surface area contributed by atoms with Gasteiger partial charge in [-0.25, -0.2) is 0 Å². The minimum absolute atomic E-state index is 0.0796. The predicted molar refractivity (Wildman–Crippen MR) is 86.6 cm³/mol. The Hall–Kier alpha value is -2.64. The van der Waals surface area contributed by atoms with Gasteiger partial charge in [0.1, 0.15) is 0 Å². The Morgan fingerprint density at radius 3 is 2.64 bits per heavy atom. The van der Waals surface area contributed by atoms with Gasteiger partial charge in [-0.15, -0.1) is 0 Å². The molecule has 2 aromatic rings. The van der Waals surface area contributed by atoms with Crippen molar-refractivity contribution in [3.63, 3.8) is 0 Å². The minimum atomic E-state index is -0.612. The number of hydrogen-bond donors (Lipinski definition) is 0. The summed E-state index contributed by atoms with van der Waals surface area (Å²) in [6.45, 7) is 0. The molecule has 0 spiro atoms. The summed E-state index contributed by atoms with van der Waals surface area (Å²) in [5.74, 6) is -0.612. The Morgan fingerprint density at radius 1 is 1.27 bits per heavy atom. The quantitative estimate of drug-likeness (QED) is 0.579. The van der Waals surface area contributed by atoms with E-state index >= 15 is 0 Å². The third-order valence-corrected chi connectivity index (χ3v) is 3.43. The first-order valence-electron chi connectivity index (χ1n) is 6.67. The lowest BCUT2D eigenvalue weighted by Gasteiger charge is -2.08. The Morgan fingerprint density at radius 2 is 2.00 bits per heavy atom. The Balaban J connectivity index is 2.22. The second-order valence-electron chi connectivity index (χ2n) is 4.69. The van der Waals surface area contributed by atoms with Gasteiger partial charge in [-0.3, -0.25) is 10.1 Å². The molecule has 0 fully saturated rings. The Bertz CT molecular complexity index is 736. The molecule has 0 aliphatic heterocycles. The molecule has 0 bridgehead atoms. The molecule has 5 heteroatoms. The van der Waals surface area contributed by atoms with Crippen molar-refractivity contribution in [2.24, 2.45) is 0 Å². The smallest absolute Gasteiger partial charge is 0.258 e. The van der Waals surface area contributed by atoms with E-state index in [0.29, 0.717) is 17.0 Å². The molecule has 4 nitrogen and oxygen atoms in total. The summed E-state index contributed by atoms with van der Waals surface area (Å²) in [5, 5.41) is 20.8. The van der Waals surface area contributed by atoms with Crippen LogP contribution in [0.25, 0.3) is 6.08 Å². The highest BCUT2D eigenvalue weighted by atomic mass is 35.5. The fraction of sp³-hybridized carbons (Fsp3) is 0.118. The normalized spacial score (nSPS) is 12.0. The van der Waals surface area contributed by atoms with Crippen LogP contribution < -0.4 is 0 Å². The van der Waals surface area contributed by atoms with Gasteiger partial charge in [0.2, 0.25) is 0 Å². The van der Waals surface area contributed by atoms with Gasteiger partial charge < -0.3 is 0 Å². The van der Waals surface area contributed by atoms with Gasteiger partial charge in [-0.2, -0.15) is 5.26 Å². The number of nitro benzene ring substituents is 1. The number of nitro groups is 1. The van der Waals surface area contributed by atoms with Crippen LogP contribution in [0.15, 0.2) is 54.6 Å². The molecule has 2 rings (SSSR count). The van der Waals surface area contributed by atoms with Gasteiger partial charge in [0, 0.05) is 16.7 Å². The molecule has 0 aliphatic rings. The first-order valence-corrected chi connectivity index (χ1v) is 7.04. The van der Waals surface area contributed by atoms with Crippen molar-refractivity contribution >= 4 is 23.4 Å². The average Bonchev–Trinajstić information content (AvgIpc) is 2.52. The second kappa shape index (κ2) is 7.39. The maximum Gasteiger partial charge on any atom is 0.274 e. The van der Waals surface area contributed by atoms with E-state index in [1.165, 1.54) is 18.2 Å². The highest BCUT2D eigenvalue weighted by Gasteiger charge is 2.21. The number of rotatable bonds is 5. The van der Waals surface area contributed by atoms with E-state index in [1.807, 2.05) is 42.5 Å². The van der Waals surface area contributed by atoms with Gasteiger partial charge in [-0.05, 0) is 24.1 Å². The molecule has 0 amide bonds. The van der Waals surface area contributed by atoms with Crippen molar-refractivity contribution in [1.82, 2.24) is 0 Å². The summed E-state index contributed by atoms with van der Waals surface area (Å²) in [7, 11) is 0. The van der Waals surface area contributed by atoms with Crippen molar-refractivity contribution in [2.75, 3.05) is 0 Å². The maximum absolute atomic E-state index is 11.1. The lowest BCUT2D eigenvalue weighted by Crippen LogP contribution is -2.00. The number of nitriles is 1. The lowest BCUT2D eigenvalue weighted by atomic mass is 9.95. The highest BCUT2D eigenvalue weighted by molar-refractivity contribution is 6.30. The largest absolute Gasteiger partial charge is 0.274 e. The molecule has 0 heterocycles. The third kappa shape index (κ3) is 3.94. The molecule has 0 saturated heterocycles. The van der Waals surface area contributed by atoms with Crippen molar-refractivity contribution in [1.29, 1.82) is 5.26 Å². The molecule has 22 heavy (non-hydrogen) atoms. The van der Waals surface area contributed by atoms with E-state index in [1.54, 1.807) is 0 Å². The average molecular weight is 313 g/mol. The van der Waals surface area contributed by atoms with Gasteiger partial charge in [-0.1, -0.05) is 54.1 Å². The van der Waals surface area contributed by atoms with Gasteiger partial charge in [0.05, 0.1) is 16.9 Å². The topological polar surface area (TPSA) is 66.9 Å². The first-order chi connectivity index (χ1) is 10.6. The van der Waals surface area contributed by atoms with E-state index in [-0.39, 0.29) is 5.69 Å². The number of hydrogen-bond acceptors (Lipinski definition) is 3. The molecule has 0 radical (unpaired) electrons. The van der Waals surface area contributed by atoms with Gasteiger partial charge in [0.25, 0.3) is 5.69 Å². The van der Waals surface area contributed by atoms with Crippen molar-refractivity contribution < 1.29 is 4.92 Å². The molecule has 0 saturated carbocycles.